The molecule has 1 heterocycles. The molecule has 0 N–H and O–H groups in total. The molecule has 0 aliphatic carbocycles. The van der Waals surface area contributed by atoms with Crippen molar-refractivity contribution in [3.8, 4) is 0 Å². The molecule has 11 heavy (non-hydrogen) atoms. The first-order valence-electron chi connectivity index (χ1n) is 3.02. The second-order valence-electron chi connectivity index (χ2n) is 1.92. The van der Waals surface area contributed by atoms with Crippen molar-refractivity contribution < 1.29 is 0 Å². The van der Waals surface area contributed by atoms with Gasteiger partial charge in [0.15, 0.2) is 0 Å². The average Bonchev–Trinajstić information content (AvgIpc) is 1.95. The maximum Gasteiger partial charge on any atom is 0.129 e. The van der Waals surface area contributed by atoms with Crippen LogP contribution in [0.25, 0.3) is 0 Å². The largest absolute Gasteiger partial charge is 0.255 e. The Bertz CT molecular complexity index is 273. The topological polar surface area (TPSA) is 25.8 Å². The molecule has 0 radical (unpaired) electrons. The molecule has 0 atom stereocenters. The Morgan fingerprint density at radius 2 is 2.27 bits per heavy atom. The van der Waals surface area contributed by atoms with Crippen molar-refractivity contribution in [1.82, 2.24) is 9.97 Å². The molecule has 0 spiro atoms. The summed E-state index contributed by atoms with van der Waals surface area (Å²) >= 11 is 6.51. The third kappa shape index (κ3) is 2.38. The van der Waals surface area contributed by atoms with Crippen LogP contribution in [0.1, 0.15) is 5.69 Å². The van der Waals surface area contributed by atoms with E-state index < -0.39 is 0 Å². The Morgan fingerprint density at radius 3 is 2.82 bits per heavy atom. The van der Waals surface area contributed by atoms with Crippen molar-refractivity contribution in [3.63, 3.8) is 0 Å². The first-order chi connectivity index (χ1) is 5.24. The zero-order valence-electron chi connectivity index (χ0n) is 5.72. The van der Waals surface area contributed by atoms with Crippen molar-refractivity contribution in [2.45, 2.75) is 6.42 Å². The molecule has 0 amide bonds. The van der Waals surface area contributed by atoms with Gasteiger partial charge in [-0.3, -0.25) is 4.98 Å². The van der Waals surface area contributed by atoms with Gasteiger partial charge in [-0.2, -0.15) is 0 Å². The highest BCUT2D eigenvalue weighted by molar-refractivity contribution is 9.11. The highest BCUT2D eigenvalue weighted by Gasteiger charge is 2.00. The number of hydrogen-bond donors (Lipinski definition) is 0. The lowest BCUT2D eigenvalue weighted by molar-refractivity contribution is 1.01. The summed E-state index contributed by atoms with van der Waals surface area (Å²) in [7, 11) is 0. The number of aromatic nitrogens is 2. The van der Waals surface area contributed by atoms with Crippen LogP contribution in [0, 0.1) is 0 Å². The summed E-state index contributed by atoms with van der Waals surface area (Å²) in [6.45, 7) is 3.62. The van der Waals surface area contributed by atoms with E-state index >= 15 is 0 Å². The molecule has 0 saturated carbocycles. The van der Waals surface area contributed by atoms with Gasteiger partial charge in [0.1, 0.15) is 9.21 Å². The van der Waals surface area contributed by atoms with E-state index in [1.165, 1.54) is 0 Å². The lowest BCUT2D eigenvalue weighted by atomic mass is 10.3. The third-order valence-corrected chi connectivity index (χ3v) is 2.12. The van der Waals surface area contributed by atoms with E-state index in [1.807, 2.05) is 0 Å². The highest BCUT2D eigenvalue weighted by atomic mass is 79.9. The number of hydrogen-bond acceptors (Lipinski definition) is 2. The van der Waals surface area contributed by atoms with Crippen LogP contribution in [0.15, 0.2) is 28.1 Å². The monoisotopic (exact) mass is 276 g/mol. The van der Waals surface area contributed by atoms with Crippen LogP contribution in [-0.4, -0.2) is 9.97 Å². The summed E-state index contributed by atoms with van der Waals surface area (Å²) in [4.78, 5) is 8.26. The Morgan fingerprint density at radius 1 is 1.55 bits per heavy atom. The number of allylic oxidation sites excluding steroid dienone is 1. The average molecular weight is 278 g/mol. The quantitative estimate of drug-likeness (QED) is 0.777. The van der Waals surface area contributed by atoms with Crippen molar-refractivity contribution in [3.05, 3.63) is 33.8 Å². The summed E-state index contributed by atoms with van der Waals surface area (Å²) in [6.07, 6.45) is 4.20. The molecule has 4 heteroatoms. The molecule has 0 aromatic carbocycles. The Balaban J connectivity index is 2.98. The minimum Gasteiger partial charge on any atom is -0.255 e. The van der Waals surface area contributed by atoms with Gasteiger partial charge >= 0.3 is 0 Å². The van der Waals surface area contributed by atoms with E-state index in [2.05, 4.69) is 48.4 Å². The van der Waals surface area contributed by atoms with Gasteiger partial charge in [0.2, 0.25) is 0 Å². The molecule has 0 aliphatic heterocycles. The van der Waals surface area contributed by atoms with Gasteiger partial charge in [-0.1, -0.05) is 6.08 Å². The summed E-state index contributed by atoms with van der Waals surface area (Å²) in [5, 5.41) is 0. The second kappa shape index (κ2) is 3.97. The number of halogens is 2. The van der Waals surface area contributed by atoms with Crippen molar-refractivity contribution >= 4 is 31.9 Å². The van der Waals surface area contributed by atoms with Crippen LogP contribution in [0.3, 0.4) is 0 Å². The molecule has 1 aromatic rings. The number of nitrogens with zero attached hydrogens (tertiary/aromatic N) is 2. The summed E-state index contributed by atoms with van der Waals surface area (Å²) in [5.74, 6) is 0. The van der Waals surface area contributed by atoms with Crippen LogP contribution in [-0.2, 0) is 6.42 Å². The van der Waals surface area contributed by atoms with Gasteiger partial charge in [0.25, 0.3) is 0 Å². The molecule has 0 saturated heterocycles. The molecule has 58 valence electrons. The zero-order chi connectivity index (χ0) is 8.27. The Hall–Kier alpha value is -0.220. The Kier molecular flexibility index (Phi) is 3.20. The molecule has 2 nitrogen and oxygen atoms in total. The fourth-order valence-corrected chi connectivity index (χ4v) is 1.62. The molecule has 0 unspecified atom stereocenters. The van der Waals surface area contributed by atoms with E-state index in [1.54, 1.807) is 12.3 Å². The van der Waals surface area contributed by atoms with Crippen LogP contribution in [0.4, 0.5) is 0 Å². The second-order valence-corrected chi connectivity index (χ2v) is 3.49. The fourth-order valence-electron chi connectivity index (χ4n) is 0.645. The number of rotatable bonds is 2. The van der Waals surface area contributed by atoms with E-state index in [-0.39, 0.29) is 0 Å². The van der Waals surface area contributed by atoms with Crippen LogP contribution < -0.4 is 0 Å². The SMILES string of the molecule is C=CCc1ncc(Br)nc1Br. The standard InChI is InChI=1S/C7H6Br2N2/c1-2-3-5-7(9)11-6(8)4-10-5/h2,4H,1,3H2. The van der Waals surface area contributed by atoms with Gasteiger partial charge in [-0.15, -0.1) is 6.58 Å². The van der Waals surface area contributed by atoms with E-state index in [0.717, 1.165) is 21.3 Å². The van der Waals surface area contributed by atoms with Gasteiger partial charge in [0, 0.05) is 6.42 Å². The molecular formula is C7H6Br2N2. The molecule has 1 rings (SSSR count). The minimum atomic E-state index is 0.734. The molecule has 0 bridgehead atoms. The Labute approximate surface area is 82.0 Å². The molecule has 0 fully saturated rings. The summed E-state index contributed by atoms with van der Waals surface area (Å²) < 4.78 is 1.50. The van der Waals surface area contributed by atoms with Crippen LogP contribution >= 0.6 is 31.9 Å². The summed E-state index contributed by atoms with van der Waals surface area (Å²) in [6, 6.07) is 0. The van der Waals surface area contributed by atoms with E-state index in [4.69, 9.17) is 0 Å². The zero-order valence-corrected chi connectivity index (χ0v) is 8.89. The predicted molar refractivity (Wildman–Crippen MR) is 51.3 cm³/mol. The molecular weight excluding hydrogens is 272 g/mol. The van der Waals surface area contributed by atoms with Crippen LogP contribution in [0.2, 0.25) is 0 Å². The smallest absolute Gasteiger partial charge is 0.129 e. The normalized spacial score (nSPS) is 9.64. The van der Waals surface area contributed by atoms with Crippen LogP contribution in [0.5, 0.6) is 0 Å². The first kappa shape index (κ1) is 8.87. The van der Waals surface area contributed by atoms with Crippen molar-refractivity contribution in [2.24, 2.45) is 0 Å². The predicted octanol–water partition coefficient (Wildman–Crippen LogP) is 2.73. The lowest BCUT2D eigenvalue weighted by Crippen LogP contribution is -1.91. The van der Waals surface area contributed by atoms with E-state index in [9.17, 15) is 0 Å². The van der Waals surface area contributed by atoms with Gasteiger partial charge in [0.05, 0.1) is 11.9 Å². The fraction of sp³-hybridized carbons (Fsp3) is 0.143. The molecule has 0 aliphatic rings. The summed E-state index contributed by atoms with van der Waals surface area (Å²) in [5.41, 5.74) is 0.906. The van der Waals surface area contributed by atoms with E-state index in [0.29, 0.717) is 0 Å². The van der Waals surface area contributed by atoms with Gasteiger partial charge in [-0.25, -0.2) is 4.98 Å². The first-order valence-corrected chi connectivity index (χ1v) is 4.60. The maximum absolute atomic E-state index is 4.14. The van der Waals surface area contributed by atoms with Gasteiger partial charge < -0.3 is 0 Å². The minimum absolute atomic E-state index is 0.734. The highest BCUT2D eigenvalue weighted by Crippen LogP contribution is 2.15. The van der Waals surface area contributed by atoms with Crippen molar-refractivity contribution in [1.29, 1.82) is 0 Å². The lowest BCUT2D eigenvalue weighted by Gasteiger charge is -1.98. The third-order valence-electron chi connectivity index (χ3n) is 1.11. The van der Waals surface area contributed by atoms with Crippen molar-refractivity contribution in [2.75, 3.05) is 0 Å². The van der Waals surface area contributed by atoms with Gasteiger partial charge in [-0.05, 0) is 31.9 Å². The maximum atomic E-state index is 4.14. The molecule has 1 aromatic heterocycles.